The number of alkyl halides is 3. The molecule has 5 nitrogen and oxygen atoms in total. The summed E-state index contributed by atoms with van der Waals surface area (Å²) in [5, 5.41) is 2.36. The summed E-state index contributed by atoms with van der Waals surface area (Å²) >= 11 is 3.22. The van der Waals surface area contributed by atoms with Crippen LogP contribution in [0.2, 0.25) is 0 Å². The maximum absolute atomic E-state index is 12.7. The number of carbonyl (C=O) groups is 2. The molecule has 0 saturated heterocycles. The predicted molar refractivity (Wildman–Crippen MR) is 87.5 cm³/mol. The normalized spacial score (nSPS) is 12.5. The van der Waals surface area contributed by atoms with Crippen LogP contribution in [-0.4, -0.2) is 22.8 Å². The van der Waals surface area contributed by atoms with Crippen molar-refractivity contribution in [2.45, 2.75) is 18.6 Å². The van der Waals surface area contributed by atoms with Crippen molar-refractivity contribution in [1.82, 2.24) is 10.3 Å². The lowest BCUT2D eigenvalue weighted by Gasteiger charge is -2.16. The molecular weight excluding hydrogens is 403 g/mol. The maximum Gasteiger partial charge on any atom is 0.416 e. The number of benzene rings is 1. The second kappa shape index (κ2) is 7.64. The second-order valence-electron chi connectivity index (χ2n) is 5.16. The van der Waals surface area contributed by atoms with Crippen LogP contribution in [0.4, 0.5) is 13.2 Å². The fraction of sp³-hybridized carbons (Fsp3) is 0.188. The van der Waals surface area contributed by atoms with Gasteiger partial charge in [0.25, 0.3) is 5.91 Å². The molecule has 0 aliphatic carbocycles. The lowest BCUT2D eigenvalue weighted by Crippen LogP contribution is -2.46. The van der Waals surface area contributed by atoms with Crippen molar-refractivity contribution < 1.29 is 22.8 Å². The molecule has 2 amide bonds. The monoisotopic (exact) mass is 415 g/mol. The standard InChI is InChI=1S/C16H13BrF3N3O2/c17-13-9(4-2-6-22-13)8-12(14(21)24)23-15(25)10-3-1-5-11(7-10)16(18,19)20/h1-7,12H,8H2,(H2,21,24)(H,23,25)/t12-/m0/s1. The van der Waals surface area contributed by atoms with E-state index in [0.717, 1.165) is 12.1 Å². The van der Waals surface area contributed by atoms with E-state index >= 15 is 0 Å². The Hall–Kier alpha value is -2.42. The summed E-state index contributed by atoms with van der Waals surface area (Å²) in [6.45, 7) is 0. The van der Waals surface area contributed by atoms with Crippen molar-refractivity contribution in [3.63, 3.8) is 0 Å². The molecule has 1 atom stereocenters. The van der Waals surface area contributed by atoms with Crippen molar-refractivity contribution in [2.24, 2.45) is 5.73 Å². The highest BCUT2D eigenvalue weighted by atomic mass is 79.9. The van der Waals surface area contributed by atoms with Gasteiger partial charge in [0.05, 0.1) is 5.56 Å². The number of pyridine rings is 1. The number of amides is 2. The van der Waals surface area contributed by atoms with Gasteiger partial charge in [-0.15, -0.1) is 0 Å². The van der Waals surface area contributed by atoms with E-state index in [2.05, 4.69) is 26.2 Å². The first-order chi connectivity index (χ1) is 11.7. The second-order valence-corrected chi connectivity index (χ2v) is 5.92. The largest absolute Gasteiger partial charge is 0.416 e. The fourth-order valence-electron chi connectivity index (χ4n) is 2.09. The van der Waals surface area contributed by atoms with E-state index in [1.165, 1.54) is 12.3 Å². The summed E-state index contributed by atoms with van der Waals surface area (Å²) in [5.74, 6) is -1.63. The van der Waals surface area contributed by atoms with Crippen LogP contribution in [-0.2, 0) is 17.4 Å². The van der Waals surface area contributed by atoms with E-state index in [0.29, 0.717) is 16.2 Å². The molecule has 0 aliphatic rings. The molecule has 1 aromatic heterocycles. The number of nitrogens with one attached hydrogen (secondary N) is 1. The third kappa shape index (κ3) is 5.02. The van der Waals surface area contributed by atoms with Gasteiger partial charge in [-0.25, -0.2) is 4.98 Å². The van der Waals surface area contributed by atoms with Gasteiger partial charge >= 0.3 is 6.18 Å². The van der Waals surface area contributed by atoms with Gasteiger partial charge in [0.1, 0.15) is 10.6 Å². The van der Waals surface area contributed by atoms with E-state index in [1.54, 1.807) is 12.1 Å². The molecule has 25 heavy (non-hydrogen) atoms. The van der Waals surface area contributed by atoms with Gasteiger partial charge in [-0.3, -0.25) is 9.59 Å². The Balaban J connectivity index is 2.18. The highest BCUT2D eigenvalue weighted by Gasteiger charge is 2.31. The summed E-state index contributed by atoms with van der Waals surface area (Å²) in [5.41, 5.74) is 4.74. The Labute approximate surface area is 149 Å². The topological polar surface area (TPSA) is 85.1 Å². The molecule has 0 spiro atoms. The molecule has 0 saturated carbocycles. The van der Waals surface area contributed by atoms with E-state index in [9.17, 15) is 22.8 Å². The van der Waals surface area contributed by atoms with Crippen LogP contribution < -0.4 is 11.1 Å². The van der Waals surface area contributed by atoms with Gasteiger partial charge in [-0.1, -0.05) is 12.1 Å². The molecule has 2 rings (SSSR count). The number of primary amides is 1. The van der Waals surface area contributed by atoms with E-state index in [1.807, 2.05) is 0 Å². The van der Waals surface area contributed by atoms with Crippen molar-refractivity contribution in [3.05, 3.63) is 63.9 Å². The molecule has 0 aliphatic heterocycles. The summed E-state index contributed by atoms with van der Waals surface area (Å²) in [4.78, 5) is 27.8. The average molecular weight is 416 g/mol. The van der Waals surface area contributed by atoms with Crippen LogP contribution in [0.25, 0.3) is 0 Å². The van der Waals surface area contributed by atoms with Crippen LogP contribution >= 0.6 is 15.9 Å². The zero-order valence-electron chi connectivity index (χ0n) is 12.7. The van der Waals surface area contributed by atoms with Gasteiger partial charge in [-0.05, 0) is 45.8 Å². The third-order valence-electron chi connectivity index (χ3n) is 3.36. The molecule has 0 bridgehead atoms. The fourth-order valence-corrected chi connectivity index (χ4v) is 2.50. The first-order valence-corrected chi connectivity index (χ1v) is 7.84. The van der Waals surface area contributed by atoms with E-state index in [4.69, 9.17) is 5.73 Å². The number of hydrogen-bond donors (Lipinski definition) is 2. The predicted octanol–water partition coefficient (Wildman–Crippen LogP) is 2.69. The minimum absolute atomic E-state index is 0.0501. The summed E-state index contributed by atoms with van der Waals surface area (Å²) in [6, 6.07) is 6.15. The molecule has 0 radical (unpaired) electrons. The summed E-state index contributed by atoms with van der Waals surface area (Å²) in [6.07, 6.45) is -2.98. The zero-order chi connectivity index (χ0) is 18.6. The number of carbonyl (C=O) groups excluding carboxylic acids is 2. The zero-order valence-corrected chi connectivity index (χ0v) is 14.3. The lowest BCUT2D eigenvalue weighted by atomic mass is 10.1. The highest BCUT2D eigenvalue weighted by molar-refractivity contribution is 9.10. The first-order valence-electron chi connectivity index (χ1n) is 7.05. The molecule has 0 unspecified atom stereocenters. The number of nitrogens with two attached hydrogens (primary N) is 1. The Kier molecular flexibility index (Phi) is 5.78. The smallest absolute Gasteiger partial charge is 0.368 e. The Morgan fingerprint density at radius 3 is 2.56 bits per heavy atom. The molecule has 132 valence electrons. The Bertz CT molecular complexity index is 796. The van der Waals surface area contributed by atoms with Gasteiger partial charge < -0.3 is 11.1 Å². The molecule has 3 N–H and O–H groups in total. The quantitative estimate of drug-likeness (QED) is 0.736. The van der Waals surface area contributed by atoms with Gasteiger partial charge in [-0.2, -0.15) is 13.2 Å². The Morgan fingerprint density at radius 2 is 1.96 bits per heavy atom. The lowest BCUT2D eigenvalue weighted by molar-refractivity contribution is -0.137. The van der Waals surface area contributed by atoms with Crippen molar-refractivity contribution in [3.8, 4) is 0 Å². The number of halogens is 4. The molecule has 2 aromatic rings. The molecule has 1 heterocycles. The first kappa shape index (κ1) is 18.9. The van der Waals surface area contributed by atoms with Crippen LogP contribution in [0.3, 0.4) is 0 Å². The van der Waals surface area contributed by atoms with Crippen LogP contribution in [0.15, 0.2) is 47.2 Å². The van der Waals surface area contributed by atoms with E-state index in [-0.39, 0.29) is 12.0 Å². The number of hydrogen-bond acceptors (Lipinski definition) is 3. The van der Waals surface area contributed by atoms with Crippen molar-refractivity contribution in [1.29, 1.82) is 0 Å². The van der Waals surface area contributed by atoms with Gasteiger partial charge in [0.15, 0.2) is 0 Å². The van der Waals surface area contributed by atoms with E-state index < -0.39 is 29.6 Å². The Morgan fingerprint density at radius 1 is 1.24 bits per heavy atom. The SMILES string of the molecule is NC(=O)[C@H](Cc1cccnc1Br)NC(=O)c1cccc(C(F)(F)F)c1. The number of rotatable bonds is 5. The third-order valence-corrected chi connectivity index (χ3v) is 4.08. The minimum Gasteiger partial charge on any atom is -0.368 e. The highest BCUT2D eigenvalue weighted by Crippen LogP contribution is 2.29. The molecule has 1 aromatic carbocycles. The van der Waals surface area contributed by atoms with Crippen molar-refractivity contribution >= 4 is 27.7 Å². The average Bonchev–Trinajstić information content (AvgIpc) is 2.55. The van der Waals surface area contributed by atoms with Crippen molar-refractivity contribution in [2.75, 3.05) is 0 Å². The van der Waals surface area contributed by atoms with Gasteiger partial charge in [0, 0.05) is 18.2 Å². The van der Waals surface area contributed by atoms with Gasteiger partial charge in [0.2, 0.25) is 5.91 Å². The molecular formula is C16H13BrF3N3O2. The summed E-state index contributed by atoms with van der Waals surface area (Å²) < 4.78 is 38.7. The number of aromatic nitrogens is 1. The number of nitrogens with zero attached hydrogens (tertiary/aromatic N) is 1. The van der Waals surface area contributed by atoms with Crippen LogP contribution in [0.1, 0.15) is 21.5 Å². The van der Waals surface area contributed by atoms with Crippen LogP contribution in [0, 0.1) is 0 Å². The summed E-state index contributed by atoms with van der Waals surface area (Å²) in [7, 11) is 0. The molecule has 9 heteroatoms. The maximum atomic E-state index is 12.7. The van der Waals surface area contributed by atoms with Crippen LogP contribution in [0.5, 0.6) is 0 Å². The minimum atomic E-state index is -4.57. The molecule has 0 fully saturated rings.